The van der Waals surface area contributed by atoms with Crippen molar-refractivity contribution in [2.45, 2.75) is 0 Å². The van der Waals surface area contributed by atoms with Gasteiger partial charge in [0.25, 0.3) is 0 Å². The molecule has 0 saturated heterocycles. The molecule has 0 aliphatic heterocycles. The zero-order chi connectivity index (χ0) is 31.5. The van der Waals surface area contributed by atoms with Crippen LogP contribution in [0.2, 0.25) is 0 Å². The van der Waals surface area contributed by atoms with Gasteiger partial charge in [0.05, 0.1) is 0 Å². The van der Waals surface area contributed by atoms with E-state index in [2.05, 4.69) is 143 Å². The first-order valence-corrected chi connectivity index (χ1v) is 18.5. The fourth-order valence-corrected chi connectivity index (χ4v) is 11.2. The third-order valence-electron chi connectivity index (χ3n) is 9.93. The number of para-hydroxylation sites is 2. The molecule has 5 heteroatoms. The molecule has 0 bridgehead atoms. The van der Waals surface area contributed by atoms with Gasteiger partial charge in [-0.1, -0.05) is 0 Å². The summed E-state index contributed by atoms with van der Waals surface area (Å²) in [6, 6.07) is 53.2. The van der Waals surface area contributed by atoms with Crippen LogP contribution in [0.1, 0.15) is 5.56 Å². The molecule has 48 heavy (non-hydrogen) atoms. The Labute approximate surface area is 284 Å². The Balaban J connectivity index is 1.20. The van der Waals surface area contributed by atoms with Crippen molar-refractivity contribution in [3.63, 3.8) is 0 Å². The molecule has 0 radical (unpaired) electrons. The van der Waals surface area contributed by atoms with E-state index in [1.165, 1.54) is 67.0 Å². The van der Waals surface area contributed by atoms with Gasteiger partial charge >= 0.3 is 286 Å². The van der Waals surface area contributed by atoms with Crippen molar-refractivity contribution >= 4 is 109 Å². The number of hydrogen-bond donors (Lipinski definition) is 0. The summed E-state index contributed by atoms with van der Waals surface area (Å²) < 4.78 is 10.3. The van der Waals surface area contributed by atoms with Crippen LogP contribution in [0.3, 0.4) is 0 Å². The molecule has 0 atom stereocenters. The molecule has 0 unspecified atom stereocenters. The fraction of sp³-hybridized carbons (Fsp3) is 0. The molecule has 7 aromatic carbocycles. The van der Waals surface area contributed by atoms with Crippen LogP contribution >= 0.6 is 11.3 Å². The molecule has 11 aromatic rings. The summed E-state index contributed by atoms with van der Waals surface area (Å²) in [7, 11) is 0. The number of nitriles is 1. The first-order chi connectivity index (χ1) is 23.7. The van der Waals surface area contributed by atoms with Crippen molar-refractivity contribution < 1.29 is 0 Å². The van der Waals surface area contributed by atoms with Crippen LogP contribution in [-0.2, 0) is 0 Å². The summed E-state index contributed by atoms with van der Waals surface area (Å²) in [4.78, 5) is 0. The van der Waals surface area contributed by atoms with E-state index in [1.54, 1.807) is 0 Å². The number of nitrogens with zero attached hydrogens (tertiary/aromatic N) is 3. The van der Waals surface area contributed by atoms with E-state index in [4.69, 9.17) is 0 Å². The molecule has 4 aromatic heterocycles. The van der Waals surface area contributed by atoms with E-state index in [1.807, 2.05) is 23.5 Å². The standard InChI is InChI=1S/C43H23N3SSe/c44-24-25-13-17-37-32(21-25)29-8-2-4-10-35(29)45(37)26-14-19-40-33(22-26)34-23-27(15-20-41(34)48-40)46-36-11-5-1-7-28(36)30-16-18-39-42(43(30)46)31-9-3-6-12-38(31)47-39/h1-23H. The van der Waals surface area contributed by atoms with Crippen molar-refractivity contribution in [3.05, 3.63) is 145 Å². The van der Waals surface area contributed by atoms with Crippen LogP contribution in [0, 0.1) is 11.3 Å². The van der Waals surface area contributed by atoms with Crippen molar-refractivity contribution in [1.82, 2.24) is 9.13 Å². The van der Waals surface area contributed by atoms with Gasteiger partial charge in [-0.2, -0.15) is 0 Å². The van der Waals surface area contributed by atoms with E-state index in [-0.39, 0.29) is 14.5 Å². The number of thiophene rings is 1. The van der Waals surface area contributed by atoms with Crippen molar-refractivity contribution in [2.75, 3.05) is 0 Å². The van der Waals surface area contributed by atoms with Gasteiger partial charge in [-0.25, -0.2) is 0 Å². The van der Waals surface area contributed by atoms with E-state index < -0.39 is 0 Å². The van der Waals surface area contributed by atoms with Crippen LogP contribution in [0.25, 0.3) is 94.5 Å². The second kappa shape index (κ2) is 9.70. The van der Waals surface area contributed by atoms with Gasteiger partial charge in [0.2, 0.25) is 0 Å². The summed E-state index contributed by atoms with van der Waals surface area (Å²) in [6.07, 6.45) is 0. The van der Waals surface area contributed by atoms with Gasteiger partial charge in [0, 0.05) is 0 Å². The van der Waals surface area contributed by atoms with Gasteiger partial charge in [-0.3, -0.25) is 0 Å². The summed E-state index contributed by atoms with van der Waals surface area (Å²) in [5.74, 6) is 0. The Morgan fingerprint density at radius 1 is 0.479 bits per heavy atom. The first kappa shape index (κ1) is 26.4. The molecule has 0 fully saturated rings. The Morgan fingerprint density at radius 3 is 1.85 bits per heavy atom. The van der Waals surface area contributed by atoms with E-state index in [0.29, 0.717) is 5.56 Å². The maximum atomic E-state index is 9.63. The molecule has 11 rings (SSSR count). The molecule has 4 heterocycles. The van der Waals surface area contributed by atoms with Gasteiger partial charge in [-0.05, 0) is 0 Å². The molecule has 0 N–H and O–H groups in total. The topological polar surface area (TPSA) is 33.6 Å². The molecular weight excluding hydrogens is 670 g/mol. The number of fused-ring (bicyclic) bond motifs is 13. The normalized spacial score (nSPS) is 12.1. The average Bonchev–Trinajstić information content (AvgIpc) is 3.88. The predicted molar refractivity (Wildman–Crippen MR) is 205 cm³/mol. The second-order valence-corrected chi connectivity index (χ2v) is 15.8. The van der Waals surface area contributed by atoms with Crippen LogP contribution in [0.15, 0.2) is 140 Å². The fourth-order valence-electron chi connectivity index (χ4n) is 7.89. The van der Waals surface area contributed by atoms with Gasteiger partial charge in [0.15, 0.2) is 0 Å². The Morgan fingerprint density at radius 2 is 1.10 bits per heavy atom. The van der Waals surface area contributed by atoms with Gasteiger partial charge in [-0.15, -0.1) is 0 Å². The van der Waals surface area contributed by atoms with E-state index >= 15 is 0 Å². The molecule has 0 saturated carbocycles. The molecule has 0 aliphatic carbocycles. The summed E-state index contributed by atoms with van der Waals surface area (Å²) in [5.41, 5.74) is 7.79. The molecule has 3 nitrogen and oxygen atoms in total. The molecule has 222 valence electrons. The molecular formula is C43H23N3SSe. The third-order valence-corrected chi connectivity index (χ3v) is 13.5. The van der Waals surface area contributed by atoms with Crippen molar-refractivity contribution in [2.24, 2.45) is 0 Å². The zero-order valence-corrected chi connectivity index (χ0v) is 28.0. The summed E-state index contributed by atoms with van der Waals surface area (Å²) >= 11 is 2.11. The van der Waals surface area contributed by atoms with Gasteiger partial charge in [0.1, 0.15) is 0 Å². The predicted octanol–water partition coefficient (Wildman–Crippen LogP) is 11.5. The van der Waals surface area contributed by atoms with Crippen LogP contribution in [-0.4, -0.2) is 23.6 Å². The number of benzene rings is 7. The molecule has 0 spiro atoms. The monoisotopic (exact) mass is 693 g/mol. The zero-order valence-electron chi connectivity index (χ0n) is 25.4. The van der Waals surface area contributed by atoms with Crippen LogP contribution < -0.4 is 0 Å². The molecule has 0 amide bonds. The number of aromatic nitrogens is 2. The van der Waals surface area contributed by atoms with Crippen molar-refractivity contribution in [3.8, 4) is 17.4 Å². The van der Waals surface area contributed by atoms with E-state index in [0.717, 1.165) is 27.5 Å². The quantitative estimate of drug-likeness (QED) is 0.166. The van der Waals surface area contributed by atoms with Crippen molar-refractivity contribution in [1.29, 1.82) is 5.26 Å². The average molecular weight is 693 g/mol. The van der Waals surface area contributed by atoms with Crippen LogP contribution in [0.4, 0.5) is 0 Å². The third kappa shape index (κ3) is 3.52. The minimum absolute atomic E-state index is 0.238. The Bertz CT molecular complexity index is 3200. The Kier molecular flexibility index (Phi) is 5.34. The number of rotatable bonds is 2. The Hall–Kier alpha value is -5.63. The number of hydrogen-bond acceptors (Lipinski definition) is 2. The first-order valence-electron chi connectivity index (χ1n) is 16.0. The second-order valence-electron chi connectivity index (χ2n) is 12.4. The summed E-state index contributed by atoms with van der Waals surface area (Å²) in [5, 5.41) is 19.8. The minimum atomic E-state index is 0.238. The molecule has 0 aliphatic rings. The SMILES string of the molecule is N#Cc1ccc2c(c1)c1ccccc1n2-c1ccc2[se]c3ccc(-n4c5ccccc5c5ccc6sc7ccccc7c6c54)cc3c2c1. The van der Waals surface area contributed by atoms with Crippen LogP contribution in [0.5, 0.6) is 0 Å². The summed E-state index contributed by atoms with van der Waals surface area (Å²) in [6.45, 7) is 0. The maximum absolute atomic E-state index is 9.63. The van der Waals surface area contributed by atoms with E-state index in [9.17, 15) is 5.26 Å². The van der Waals surface area contributed by atoms with Gasteiger partial charge < -0.3 is 0 Å².